The predicted octanol–water partition coefficient (Wildman–Crippen LogP) is 3.30. The van der Waals surface area contributed by atoms with Gasteiger partial charge in [0.25, 0.3) is 5.89 Å². The van der Waals surface area contributed by atoms with Gasteiger partial charge in [-0.05, 0) is 56.0 Å². The first-order valence-electron chi connectivity index (χ1n) is 12.8. The summed E-state index contributed by atoms with van der Waals surface area (Å²) in [5.74, 6) is 1.28. The summed E-state index contributed by atoms with van der Waals surface area (Å²) in [7, 11) is -3.45. The quantitative estimate of drug-likeness (QED) is 0.437. The van der Waals surface area contributed by atoms with Crippen LogP contribution in [0, 0.1) is 11.3 Å². The van der Waals surface area contributed by atoms with Crippen LogP contribution in [0.2, 0.25) is 0 Å². The summed E-state index contributed by atoms with van der Waals surface area (Å²) in [6.45, 7) is 7.08. The summed E-state index contributed by atoms with van der Waals surface area (Å²) in [5.41, 5.74) is 3.77. The van der Waals surface area contributed by atoms with Crippen LogP contribution < -0.4 is 9.46 Å². The third-order valence-corrected chi connectivity index (χ3v) is 8.11. The molecule has 0 radical (unpaired) electrons. The standard InChI is InChI=1S/C27H31N5O5S/c1-18(2)36-25-9-6-19(16-20(25)17-28)27-29-26(30-37-27)23-5-3-4-22-21(23)7-8-24(22)31-38(33,34)15-12-32-10-13-35-14-11-32/h3-6,9,16,18,24,31H,7-8,10-15H2,1-2H3/t24-/m0/s1. The van der Waals surface area contributed by atoms with Crippen molar-refractivity contribution in [2.75, 3.05) is 38.6 Å². The molecule has 0 unspecified atom stereocenters. The van der Waals surface area contributed by atoms with Crippen molar-refractivity contribution in [3.63, 3.8) is 0 Å². The van der Waals surface area contributed by atoms with E-state index < -0.39 is 10.0 Å². The van der Waals surface area contributed by atoms with Gasteiger partial charge < -0.3 is 14.0 Å². The largest absolute Gasteiger partial charge is 0.490 e. The zero-order valence-corrected chi connectivity index (χ0v) is 22.3. The van der Waals surface area contributed by atoms with Gasteiger partial charge in [0.05, 0.1) is 30.6 Å². The number of nitriles is 1. The van der Waals surface area contributed by atoms with E-state index in [-0.39, 0.29) is 17.9 Å². The van der Waals surface area contributed by atoms with E-state index in [0.29, 0.717) is 61.2 Å². The lowest BCUT2D eigenvalue weighted by atomic mass is 10.0. The molecule has 1 aliphatic carbocycles. The molecule has 38 heavy (non-hydrogen) atoms. The predicted molar refractivity (Wildman–Crippen MR) is 141 cm³/mol. The minimum absolute atomic E-state index is 0.0540. The fraction of sp³-hybridized carbons (Fsp3) is 0.444. The number of nitrogens with one attached hydrogen (secondary N) is 1. The molecule has 1 saturated heterocycles. The van der Waals surface area contributed by atoms with E-state index in [4.69, 9.17) is 14.0 Å². The second kappa shape index (κ2) is 11.2. The van der Waals surface area contributed by atoms with Gasteiger partial charge in [-0.2, -0.15) is 10.2 Å². The monoisotopic (exact) mass is 537 g/mol. The van der Waals surface area contributed by atoms with Crippen molar-refractivity contribution in [3.8, 4) is 34.7 Å². The van der Waals surface area contributed by atoms with Crippen LogP contribution >= 0.6 is 0 Å². The Labute approximate surface area is 222 Å². The Morgan fingerprint density at radius 2 is 2.05 bits per heavy atom. The molecule has 1 aliphatic heterocycles. The molecule has 3 aromatic rings. The molecular formula is C27H31N5O5S. The van der Waals surface area contributed by atoms with Gasteiger partial charge in [-0.1, -0.05) is 23.4 Å². The van der Waals surface area contributed by atoms with E-state index >= 15 is 0 Å². The first-order valence-corrected chi connectivity index (χ1v) is 14.5. The molecule has 2 aromatic carbocycles. The molecule has 1 N–H and O–H groups in total. The molecule has 1 atom stereocenters. The zero-order chi connectivity index (χ0) is 26.7. The SMILES string of the molecule is CC(C)Oc1ccc(-c2nc(-c3cccc4c3CC[C@@H]4NS(=O)(=O)CCN3CCOCC3)no2)cc1C#N. The Morgan fingerprint density at radius 3 is 2.82 bits per heavy atom. The van der Waals surface area contributed by atoms with Crippen LogP contribution in [0.25, 0.3) is 22.8 Å². The van der Waals surface area contributed by atoms with Crippen molar-refractivity contribution in [1.29, 1.82) is 5.26 Å². The Balaban J connectivity index is 1.32. The van der Waals surface area contributed by atoms with Crippen molar-refractivity contribution in [1.82, 2.24) is 19.8 Å². The summed E-state index contributed by atoms with van der Waals surface area (Å²) in [5, 5.41) is 13.7. The van der Waals surface area contributed by atoms with E-state index in [1.165, 1.54) is 0 Å². The van der Waals surface area contributed by atoms with Crippen LogP contribution in [0.5, 0.6) is 5.75 Å². The number of nitrogens with zero attached hydrogens (tertiary/aromatic N) is 4. The number of fused-ring (bicyclic) bond motifs is 1. The number of ether oxygens (including phenoxy) is 2. The van der Waals surface area contributed by atoms with Crippen LogP contribution in [0.1, 0.15) is 43.0 Å². The van der Waals surface area contributed by atoms with E-state index in [1.54, 1.807) is 18.2 Å². The van der Waals surface area contributed by atoms with Crippen LogP contribution in [0.15, 0.2) is 40.9 Å². The van der Waals surface area contributed by atoms with Crippen molar-refractivity contribution >= 4 is 10.0 Å². The van der Waals surface area contributed by atoms with Crippen molar-refractivity contribution < 1.29 is 22.4 Å². The van der Waals surface area contributed by atoms with Gasteiger partial charge in [-0.3, -0.25) is 4.90 Å². The molecule has 10 nitrogen and oxygen atoms in total. The number of benzene rings is 2. The molecule has 2 aliphatic rings. The van der Waals surface area contributed by atoms with Crippen LogP contribution in [0.4, 0.5) is 0 Å². The second-order valence-corrected chi connectivity index (χ2v) is 11.6. The highest BCUT2D eigenvalue weighted by Crippen LogP contribution is 2.38. The molecule has 11 heteroatoms. The topological polar surface area (TPSA) is 131 Å². The number of hydrogen-bond donors (Lipinski definition) is 1. The van der Waals surface area contributed by atoms with Crippen LogP contribution in [0.3, 0.4) is 0 Å². The highest BCUT2D eigenvalue weighted by molar-refractivity contribution is 7.89. The van der Waals surface area contributed by atoms with E-state index in [0.717, 1.165) is 29.8 Å². The summed E-state index contributed by atoms with van der Waals surface area (Å²) in [6.07, 6.45) is 1.31. The maximum absolute atomic E-state index is 12.8. The van der Waals surface area contributed by atoms with E-state index in [1.807, 2.05) is 32.0 Å². The van der Waals surface area contributed by atoms with Crippen molar-refractivity contribution in [2.45, 2.75) is 38.8 Å². The molecule has 5 rings (SSSR count). The Bertz CT molecular complexity index is 1440. The van der Waals surface area contributed by atoms with Gasteiger partial charge in [-0.15, -0.1) is 0 Å². The molecule has 0 amide bonds. The maximum atomic E-state index is 12.8. The first kappa shape index (κ1) is 26.3. The number of morpholine rings is 1. The lowest BCUT2D eigenvalue weighted by molar-refractivity contribution is 0.0408. The minimum atomic E-state index is -3.45. The van der Waals surface area contributed by atoms with Gasteiger partial charge in [0.2, 0.25) is 15.8 Å². The summed E-state index contributed by atoms with van der Waals surface area (Å²) in [4.78, 5) is 6.71. The molecule has 1 fully saturated rings. The smallest absolute Gasteiger partial charge is 0.258 e. The molecule has 0 saturated carbocycles. The third-order valence-electron chi connectivity index (χ3n) is 6.75. The molecule has 0 bridgehead atoms. The molecular weight excluding hydrogens is 506 g/mol. The minimum Gasteiger partial charge on any atom is -0.490 e. The Morgan fingerprint density at radius 1 is 1.24 bits per heavy atom. The van der Waals surface area contributed by atoms with Crippen molar-refractivity contribution in [2.24, 2.45) is 0 Å². The highest BCUT2D eigenvalue weighted by atomic mass is 32.2. The van der Waals surface area contributed by atoms with Crippen LogP contribution in [-0.2, 0) is 21.2 Å². The van der Waals surface area contributed by atoms with Crippen LogP contribution in [-0.4, -0.2) is 68.2 Å². The highest BCUT2D eigenvalue weighted by Gasteiger charge is 2.30. The van der Waals surface area contributed by atoms with Gasteiger partial charge >= 0.3 is 0 Å². The van der Waals surface area contributed by atoms with Gasteiger partial charge in [0, 0.05) is 36.8 Å². The fourth-order valence-corrected chi connectivity index (χ4v) is 6.19. The van der Waals surface area contributed by atoms with E-state index in [9.17, 15) is 13.7 Å². The maximum Gasteiger partial charge on any atom is 0.258 e. The van der Waals surface area contributed by atoms with Gasteiger partial charge in [-0.25, -0.2) is 13.1 Å². The Hall–Kier alpha value is -3.30. The second-order valence-electron chi connectivity index (χ2n) is 9.77. The lowest BCUT2D eigenvalue weighted by Gasteiger charge is -2.26. The molecule has 2 heterocycles. The number of rotatable bonds is 9. The number of sulfonamides is 1. The third kappa shape index (κ3) is 5.89. The molecule has 1 aromatic heterocycles. The average molecular weight is 538 g/mol. The van der Waals surface area contributed by atoms with Gasteiger partial charge in [0.15, 0.2) is 0 Å². The summed E-state index contributed by atoms with van der Waals surface area (Å²) < 4.78 is 45.2. The lowest BCUT2D eigenvalue weighted by Crippen LogP contribution is -2.41. The normalized spacial score (nSPS) is 17.9. The number of aromatic nitrogens is 2. The number of hydrogen-bond acceptors (Lipinski definition) is 9. The first-order chi connectivity index (χ1) is 18.3. The average Bonchev–Trinajstić information content (AvgIpc) is 3.56. The fourth-order valence-electron chi connectivity index (χ4n) is 4.89. The van der Waals surface area contributed by atoms with E-state index in [2.05, 4.69) is 25.8 Å². The van der Waals surface area contributed by atoms with Crippen molar-refractivity contribution in [3.05, 3.63) is 53.1 Å². The zero-order valence-electron chi connectivity index (χ0n) is 21.5. The molecule has 0 spiro atoms. The van der Waals surface area contributed by atoms with Gasteiger partial charge in [0.1, 0.15) is 11.8 Å². The summed E-state index contributed by atoms with van der Waals surface area (Å²) in [6, 6.07) is 12.8. The summed E-state index contributed by atoms with van der Waals surface area (Å²) >= 11 is 0. The Kier molecular flexibility index (Phi) is 7.76. The molecule has 200 valence electrons.